The van der Waals surface area contributed by atoms with Crippen LogP contribution in [0, 0.1) is 0 Å². The smallest absolute Gasteiger partial charge is 0.260 e. The Kier molecular flexibility index (Phi) is 5.79. The van der Waals surface area contributed by atoms with Gasteiger partial charge in [-0.1, -0.05) is 83.8 Å². The third kappa shape index (κ3) is 4.53. The number of hydrogen-bond donors (Lipinski definition) is 2. The number of aromatic nitrogens is 4. The summed E-state index contributed by atoms with van der Waals surface area (Å²) < 4.78 is 0.828. The van der Waals surface area contributed by atoms with Crippen LogP contribution in [0.2, 0.25) is 0 Å². The molecule has 0 amide bonds. The van der Waals surface area contributed by atoms with Crippen molar-refractivity contribution in [1.82, 2.24) is 20.2 Å². The van der Waals surface area contributed by atoms with Crippen LogP contribution in [0.5, 0.6) is 0 Å². The number of thiophene rings is 1. The van der Waals surface area contributed by atoms with E-state index in [-0.39, 0.29) is 5.56 Å². The lowest BCUT2D eigenvalue weighted by molar-refractivity contribution is 0.990. The number of nitrogens with one attached hydrogen (secondary N) is 2. The van der Waals surface area contributed by atoms with Crippen molar-refractivity contribution in [3.8, 4) is 11.1 Å². The highest BCUT2D eigenvalue weighted by molar-refractivity contribution is 8.00. The molecule has 3 heterocycles. The van der Waals surface area contributed by atoms with Crippen molar-refractivity contribution in [3.05, 3.63) is 87.8 Å². The first kappa shape index (κ1) is 19.9. The Balaban J connectivity index is 1.27. The van der Waals surface area contributed by atoms with Gasteiger partial charge in [-0.2, -0.15) is 0 Å². The lowest BCUT2D eigenvalue weighted by Crippen LogP contribution is -2.10. The van der Waals surface area contributed by atoms with Gasteiger partial charge in [0.05, 0.1) is 11.1 Å². The van der Waals surface area contributed by atoms with Gasteiger partial charge in [0.25, 0.3) is 5.56 Å². The Bertz CT molecular complexity index is 1360. The third-order valence-electron chi connectivity index (χ3n) is 4.60. The van der Waals surface area contributed by atoms with Gasteiger partial charge in [0.1, 0.15) is 10.7 Å². The summed E-state index contributed by atoms with van der Waals surface area (Å²) in [5.74, 6) is 1.16. The minimum atomic E-state index is -0.108. The molecule has 0 aliphatic rings. The molecule has 31 heavy (non-hydrogen) atoms. The molecule has 0 saturated heterocycles. The molecule has 0 aliphatic carbocycles. The SMILES string of the molecule is O=c1[nH]c(CSc2nnc(NCc3ccccc3)s2)nc2scc(-c3ccccc3)c12. The second-order valence-corrected chi connectivity index (χ2v) is 9.77. The van der Waals surface area contributed by atoms with E-state index in [4.69, 9.17) is 0 Å². The summed E-state index contributed by atoms with van der Waals surface area (Å²) in [5.41, 5.74) is 3.02. The zero-order valence-corrected chi connectivity index (χ0v) is 18.7. The fraction of sp³-hybridized carbons (Fsp3) is 0.0909. The molecule has 0 saturated carbocycles. The number of hydrogen-bond acceptors (Lipinski definition) is 8. The molecular weight excluding hydrogens is 446 g/mol. The predicted octanol–water partition coefficient (Wildman–Crippen LogP) is 5.41. The van der Waals surface area contributed by atoms with Crippen molar-refractivity contribution in [2.24, 2.45) is 0 Å². The molecule has 6 nitrogen and oxygen atoms in total. The molecule has 2 aromatic carbocycles. The summed E-state index contributed by atoms with van der Waals surface area (Å²) in [6, 6.07) is 20.1. The van der Waals surface area contributed by atoms with Gasteiger partial charge in [-0.15, -0.1) is 21.5 Å². The van der Waals surface area contributed by atoms with Crippen LogP contribution in [0.3, 0.4) is 0 Å². The van der Waals surface area contributed by atoms with E-state index >= 15 is 0 Å². The minimum absolute atomic E-state index is 0.108. The zero-order chi connectivity index (χ0) is 21.0. The van der Waals surface area contributed by atoms with Crippen LogP contribution in [0.25, 0.3) is 21.3 Å². The van der Waals surface area contributed by atoms with Crippen molar-refractivity contribution in [2.75, 3.05) is 5.32 Å². The topological polar surface area (TPSA) is 83.6 Å². The van der Waals surface area contributed by atoms with Gasteiger partial charge in [0.2, 0.25) is 5.13 Å². The van der Waals surface area contributed by atoms with Crippen LogP contribution < -0.4 is 10.9 Å². The number of rotatable bonds is 7. The first-order valence-electron chi connectivity index (χ1n) is 9.56. The maximum atomic E-state index is 12.8. The molecule has 5 aromatic rings. The molecular formula is C22H17N5OS3. The Morgan fingerprint density at radius 3 is 2.58 bits per heavy atom. The van der Waals surface area contributed by atoms with Crippen LogP contribution in [0.4, 0.5) is 5.13 Å². The molecule has 0 fully saturated rings. The first-order valence-corrected chi connectivity index (χ1v) is 12.2. The Morgan fingerprint density at radius 2 is 1.77 bits per heavy atom. The molecule has 0 atom stereocenters. The number of anilines is 1. The standard InChI is InChI=1S/C22H17N5OS3/c28-19-18-16(15-9-5-2-6-10-15)12-29-20(18)25-17(24-19)13-30-22-27-26-21(31-22)23-11-14-7-3-1-4-8-14/h1-10,12H,11,13H2,(H,23,26)(H,24,25,28). The lowest BCUT2D eigenvalue weighted by Gasteiger charge is -2.01. The van der Waals surface area contributed by atoms with E-state index in [1.807, 2.05) is 53.9 Å². The maximum absolute atomic E-state index is 12.8. The number of aromatic amines is 1. The lowest BCUT2D eigenvalue weighted by atomic mass is 10.1. The van der Waals surface area contributed by atoms with Crippen molar-refractivity contribution < 1.29 is 0 Å². The highest BCUT2D eigenvalue weighted by Crippen LogP contribution is 2.32. The summed E-state index contributed by atoms with van der Waals surface area (Å²) in [6.45, 7) is 0.702. The largest absolute Gasteiger partial charge is 0.356 e. The van der Waals surface area contributed by atoms with E-state index in [0.29, 0.717) is 23.5 Å². The normalized spacial score (nSPS) is 11.1. The number of H-pyrrole nitrogens is 1. The van der Waals surface area contributed by atoms with Crippen LogP contribution in [0.15, 0.2) is 75.2 Å². The molecule has 0 radical (unpaired) electrons. The van der Waals surface area contributed by atoms with Gasteiger partial charge in [0, 0.05) is 17.5 Å². The van der Waals surface area contributed by atoms with Crippen LogP contribution in [0.1, 0.15) is 11.4 Å². The molecule has 9 heteroatoms. The fourth-order valence-corrected chi connectivity index (χ4v) is 5.72. The molecule has 0 unspecified atom stereocenters. The molecule has 154 valence electrons. The van der Waals surface area contributed by atoms with Gasteiger partial charge in [0.15, 0.2) is 4.34 Å². The number of thioether (sulfide) groups is 1. The van der Waals surface area contributed by atoms with Crippen LogP contribution in [-0.4, -0.2) is 20.2 Å². The average molecular weight is 464 g/mol. The van der Waals surface area contributed by atoms with Gasteiger partial charge in [-0.3, -0.25) is 4.79 Å². The highest BCUT2D eigenvalue weighted by atomic mass is 32.2. The van der Waals surface area contributed by atoms with Crippen molar-refractivity contribution in [2.45, 2.75) is 16.6 Å². The Hall–Kier alpha value is -3.01. The van der Waals surface area contributed by atoms with Gasteiger partial charge in [-0.05, 0) is 11.1 Å². The molecule has 0 bridgehead atoms. The highest BCUT2D eigenvalue weighted by Gasteiger charge is 2.13. The first-order chi connectivity index (χ1) is 15.3. The van der Waals surface area contributed by atoms with Crippen molar-refractivity contribution in [1.29, 1.82) is 0 Å². The summed E-state index contributed by atoms with van der Waals surface area (Å²) in [4.78, 5) is 21.1. The predicted molar refractivity (Wildman–Crippen MR) is 129 cm³/mol. The summed E-state index contributed by atoms with van der Waals surface area (Å²) >= 11 is 4.50. The number of nitrogens with zero attached hydrogens (tertiary/aromatic N) is 3. The second kappa shape index (κ2) is 9.01. The van der Waals surface area contributed by atoms with Crippen molar-refractivity contribution in [3.63, 3.8) is 0 Å². The minimum Gasteiger partial charge on any atom is -0.356 e. The number of benzene rings is 2. The molecule has 5 rings (SSSR count). The third-order valence-corrected chi connectivity index (χ3v) is 7.50. The molecule has 0 spiro atoms. The summed E-state index contributed by atoms with van der Waals surface area (Å²) in [5, 5.41) is 15.1. The fourth-order valence-electron chi connectivity index (χ4n) is 3.14. The van der Waals surface area contributed by atoms with Crippen LogP contribution >= 0.6 is 34.4 Å². The van der Waals surface area contributed by atoms with Gasteiger partial charge >= 0.3 is 0 Å². The van der Waals surface area contributed by atoms with E-state index < -0.39 is 0 Å². The average Bonchev–Trinajstić information content (AvgIpc) is 3.45. The molecule has 0 aliphatic heterocycles. The van der Waals surface area contributed by atoms with Crippen molar-refractivity contribution >= 4 is 49.8 Å². The second-order valence-electron chi connectivity index (χ2n) is 6.71. The van der Waals surface area contributed by atoms with E-state index in [9.17, 15) is 4.79 Å². The van der Waals surface area contributed by atoms with E-state index in [0.717, 1.165) is 25.4 Å². The van der Waals surface area contributed by atoms with Gasteiger partial charge in [-0.25, -0.2) is 4.98 Å². The molecule has 3 aromatic heterocycles. The van der Waals surface area contributed by atoms with Crippen LogP contribution in [-0.2, 0) is 12.3 Å². The zero-order valence-electron chi connectivity index (χ0n) is 16.2. The molecule has 2 N–H and O–H groups in total. The maximum Gasteiger partial charge on any atom is 0.260 e. The number of fused-ring (bicyclic) bond motifs is 1. The quantitative estimate of drug-likeness (QED) is 0.314. The van der Waals surface area contributed by atoms with E-state index in [1.165, 1.54) is 40.0 Å². The summed E-state index contributed by atoms with van der Waals surface area (Å²) in [6.07, 6.45) is 0. The Labute approximate surface area is 190 Å². The van der Waals surface area contributed by atoms with E-state index in [1.54, 1.807) is 0 Å². The Morgan fingerprint density at radius 1 is 1.00 bits per heavy atom. The summed E-state index contributed by atoms with van der Waals surface area (Å²) in [7, 11) is 0. The monoisotopic (exact) mass is 463 g/mol. The van der Waals surface area contributed by atoms with Gasteiger partial charge < -0.3 is 10.3 Å². The van der Waals surface area contributed by atoms with E-state index in [2.05, 4.69) is 37.6 Å².